The van der Waals surface area contributed by atoms with Gasteiger partial charge in [0.15, 0.2) is 6.61 Å². The van der Waals surface area contributed by atoms with Gasteiger partial charge in [-0.1, -0.05) is 42.4 Å². The van der Waals surface area contributed by atoms with Crippen LogP contribution in [-0.2, 0) is 4.79 Å². The Bertz CT molecular complexity index is 1330. The molecule has 8 heteroatoms. The number of para-hydroxylation sites is 1. The second-order valence-corrected chi connectivity index (χ2v) is 8.17. The summed E-state index contributed by atoms with van der Waals surface area (Å²) >= 11 is 6.03. The van der Waals surface area contributed by atoms with E-state index in [-0.39, 0.29) is 18.6 Å². The SMILES string of the molecule is C=C(c1ccccc1OCC(=O)N1N=C(c2ccc(Cl)cc2)C[C@@H]1c1ccco1)n1ccnc1. The lowest BCUT2D eigenvalue weighted by atomic mass is 10.0. The molecular formula is C26H21ClN4O3. The molecule has 0 saturated heterocycles. The topological polar surface area (TPSA) is 72.9 Å². The smallest absolute Gasteiger partial charge is 0.281 e. The third-order valence-electron chi connectivity index (χ3n) is 5.58. The van der Waals surface area contributed by atoms with Gasteiger partial charge < -0.3 is 13.7 Å². The molecule has 0 fully saturated rings. The first-order valence-corrected chi connectivity index (χ1v) is 11.1. The second kappa shape index (κ2) is 9.41. The van der Waals surface area contributed by atoms with Gasteiger partial charge in [-0.25, -0.2) is 9.99 Å². The minimum atomic E-state index is -0.354. The summed E-state index contributed by atoms with van der Waals surface area (Å²) in [5.74, 6) is 0.925. The lowest BCUT2D eigenvalue weighted by molar-refractivity contribution is -0.135. The number of amides is 1. The number of ether oxygens (including phenoxy) is 1. The van der Waals surface area contributed by atoms with Gasteiger partial charge in [-0.3, -0.25) is 4.79 Å². The van der Waals surface area contributed by atoms with E-state index in [1.807, 2.05) is 36.4 Å². The first-order valence-electron chi connectivity index (χ1n) is 10.7. The van der Waals surface area contributed by atoms with E-state index < -0.39 is 0 Å². The maximum atomic E-state index is 13.3. The van der Waals surface area contributed by atoms with Crippen molar-refractivity contribution in [3.8, 4) is 5.75 Å². The molecule has 4 aromatic rings. The highest BCUT2D eigenvalue weighted by molar-refractivity contribution is 6.30. The number of halogens is 1. The second-order valence-electron chi connectivity index (χ2n) is 7.73. The summed E-state index contributed by atoms with van der Waals surface area (Å²) in [5, 5.41) is 6.70. The summed E-state index contributed by atoms with van der Waals surface area (Å²) in [6, 6.07) is 18.1. The Hall–Kier alpha value is -4.10. The highest BCUT2D eigenvalue weighted by Crippen LogP contribution is 2.34. The molecule has 2 aromatic heterocycles. The summed E-state index contributed by atoms with van der Waals surface area (Å²) in [6.45, 7) is 3.94. The standard InChI is InChI=1S/C26H21ClN4O3/c1-18(30-13-12-28-17-30)21-5-2-3-6-24(21)34-16-26(32)31-23(25-7-4-14-33-25)15-22(29-31)19-8-10-20(27)11-9-19/h2-14,17,23H,1,15-16H2/t23-/m1/s1. The number of hydrogen-bond acceptors (Lipinski definition) is 5. The number of benzene rings is 2. The van der Waals surface area contributed by atoms with E-state index in [9.17, 15) is 4.79 Å². The quantitative estimate of drug-likeness (QED) is 0.360. The summed E-state index contributed by atoms with van der Waals surface area (Å²) in [7, 11) is 0. The number of nitrogens with zero attached hydrogens (tertiary/aromatic N) is 4. The van der Waals surface area contributed by atoms with E-state index in [0.717, 1.165) is 16.8 Å². The van der Waals surface area contributed by atoms with Crippen molar-refractivity contribution in [2.75, 3.05) is 6.61 Å². The number of imidazole rings is 1. The van der Waals surface area contributed by atoms with Crippen LogP contribution >= 0.6 is 11.6 Å². The Balaban J connectivity index is 1.37. The Labute approximate surface area is 201 Å². The van der Waals surface area contributed by atoms with E-state index in [1.165, 1.54) is 5.01 Å². The summed E-state index contributed by atoms with van der Waals surface area (Å²) in [6.07, 6.45) is 7.25. The molecule has 0 bridgehead atoms. The van der Waals surface area contributed by atoms with Crippen LogP contribution in [0.3, 0.4) is 0 Å². The van der Waals surface area contributed by atoms with Crippen LogP contribution in [0.5, 0.6) is 5.75 Å². The van der Waals surface area contributed by atoms with Crippen molar-refractivity contribution >= 4 is 28.9 Å². The minimum absolute atomic E-state index is 0.192. The number of carbonyl (C=O) groups excluding carboxylic acids is 1. The van der Waals surface area contributed by atoms with Gasteiger partial charge in [0.2, 0.25) is 0 Å². The molecule has 1 aliphatic heterocycles. The summed E-state index contributed by atoms with van der Waals surface area (Å²) in [5.41, 5.74) is 3.14. The molecule has 1 aliphatic rings. The number of rotatable bonds is 7. The maximum Gasteiger partial charge on any atom is 0.281 e. The van der Waals surface area contributed by atoms with Gasteiger partial charge in [0.05, 0.1) is 24.0 Å². The third kappa shape index (κ3) is 4.38. The molecule has 0 radical (unpaired) electrons. The molecule has 0 N–H and O–H groups in total. The zero-order valence-electron chi connectivity index (χ0n) is 18.2. The van der Waals surface area contributed by atoms with Crippen molar-refractivity contribution in [2.24, 2.45) is 5.10 Å². The first kappa shape index (κ1) is 21.7. The van der Waals surface area contributed by atoms with E-state index in [0.29, 0.717) is 28.7 Å². The Morgan fingerprint density at radius 2 is 1.97 bits per heavy atom. The van der Waals surface area contributed by atoms with Crippen molar-refractivity contribution in [3.05, 3.63) is 114 Å². The van der Waals surface area contributed by atoms with E-state index in [1.54, 1.807) is 53.8 Å². The molecule has 1 amide bonds. The highest BCUT2D eigenvalue weighted by Gasteiger charge is 2.35. The van der Waals surface area contributed by atoms with Crippen molar-refractivity contribution < 1.29 is 13.9 Å². The molecule has 3 heterocycles. The van der Waals surface area contributed by atoms with Gasteiger partial charge in [-0.2, -0.15) is 5.10 Å². The molecule has 0 spiro atoms. The van der Waals surface area contributed by atoms with Crippen molar-refractivity contribution in [2.45, 2.75) is 12.5 Å². The number of carbonyl (C=O) groups is 1. The lowest BCUT2D eigenvalue weighted by Crippen LogP contribution is -2.31. The normalized spacial score (nSPS) is 15.3. The number of hydrazone groups is 1. The zero-order valence-corrected chi connectivity index (χ0v) is 18.9. The van der Waals surface area contributed by atoms with Crippen LogP contribution in [0.4, 0.5) is 0 Å². The molecule has 2 aromatic carbocycles. The van der Waals surface area contributed by atoms with Crippen LogP contribution in [0.2, 0.25) is 5.02 Å². The van der Waals surface area contributed by atoms with E-state index in [4.69, 9.17) is 20.8 Å². The number of furan rings is 1. The van der Waals surface area contributed by atoms with E-state index in [2.05, 4.69) is 16.7 Å². The number of aromatic nitrogens is 2. The van der Waals surface area contributed by atoms with Crippen molar-refractivity contribution in [1.82, 2.24) is 14.6 Å². The molecule has 0 unspecified atom stereocenters. The van der Waals surface area contributed by atoms with Crippen LogP contribution in [0.15, 0.2) is 102 Å². The van der Waals surface area contributed by atoms with Crippen molar-refractivity contribution in [1.29, 1.82) is 0 Å². The van der Waals surface area contributed by atoms with Gasteiger partial charge >= 0.3 is 0 Å². The van der Waals surface area contributed by atoms with Gasteiger partial charge in [-0.05, 0) is 42.0 Å². The molecule has 1 atom stereocenters. The molecule has 0 saturated carbocycles. The molecule has 5 rings (SSSR count). The predicted molar refractivity (Wildman–Crippen MR) is 129 cm³/mol. The van der Waals surface area contributed by atoms with Crippen LogP contribution in [0.25, 0.3) is 5.70 Å². The average molecular weight is 473 g/mol. The van der Waals surface area contributed by atoms with Gasteiger partial charge in [0.25, 0.3) is 5.91 Å². The monoisotopic (exact) mass is 472 g/mol. The van der Waals surface area contributed by atoms with Gasteiger partial charge in [-0.15, -0.1) is 0 Å². The first-order chi connectivity index (χ1) is 16.6. The van der Waals surface area contributed by atoms with Crippen LogP contribution in [-0.4, -0.2) is 32.8 Å². The Morgan fingerprint density at radius 1 is 1.15 bits per heavy atom. The average Bonchev–Trinajstić information content (AvgIpc) is 3.64. The zero-order chi connectivity index (χ0) is 23.5. The van der Waals surface area contributed by atoms with Gasteiger partial charge in [0.1, 0.15) is 17.6 Å². The molecule has 7 nitrogen and oxygen atoms in total. The number of hydrogen-bond donors (Lipinski definition) is 0. The molecule has 170 valence electrons. The van der Waals surface area contributed by atoms with Crippen LogP contribution in [0.1, 0.15) is 29.3 Å². The van der Waals surface area contributed by atoms with Crippen LogP contribution in [0, 0.1) is 0 Å². The Morgan fingerprint density at radius 3 is 2.71 bits per heavy atom. The Kier molecular flexibility index (Phi) is 6.01. The van der Waals surface area contributed by atoms with Crippen molar-refractivity contribution in [3.63, 3.8) is 0 Å². The fourth-order valence-corrected chi connectivity index (χ4v) is 3.98. The lowest BCUT2D eigenvalue weighted by Gasteiger charge is -2.20. The molecule has 0 aliphatic carbocycles. The minimum Gasteiger partial charge on any atom is -0.483 e. The molecule has 34 heavy (non-hydrogen) atoms. The summed E-state index contributed by atoms with van der Waals surface area (Å²) < 4.78 is 13.3. The fourth-order valence-electron chi connectivity index (χ4n) is 3.85. The fraction of sp³-hybridized carbons (Fsp3) is 0.115. The highest BCUT2D eigenvalue weighted by atomic mass is 35.5. The van der Waals surface area contributed by atoms with Crippen LogP contribution < -0.4 is 4.74 Å². The van der Waals surface area contributed by atoms with Gasteiger partial charge in [0, 0.05) is 29.4 Å². The third-order valence-corrected chi connectivity index (χ3v) is 5.83. The predicted octanol–water partition coefficient (Wildman–Crippen LogP) is 5.41. The van der Waals surface area contributed by atoms with E-state index >= 15 is 0 Å². The maximum absolute atomic E-state index is 13.3. The molecular weight excluding hydrogens is 452 g/mol. The largest absolute Gasteiger partial charge is 0.483 e. The summed E-state index contributed by atoms with van der Waals surface area (Å²) in [4.78, 5) is 17.3.